The Morgan fingerprint density at radius 3 is 2.43 bits per heavy atom. The van der Waals surface area contributed by atoms with E-state index in [2.05, 4.69) is 0 Å². The minimum atomic E-state index is -2.59. The van der Waals surface area contributed by atoms with Crippen LogP contribution in [0.3, 0.4) is 0 Å². The average molecular weight is 498 g/mol. The molecule has 0 aliphatic carbocycles. The predicted octanol–water partition coefficient (Wildman–Crippen LogP) is 6.02. The first-order valence-electron chi connectivity index (χ1n) is 11.3. The Labute approximate surface area is 205 Å². The van der Waals surface area contributed by atoms with Crippen LogP contribution in [-0.4, -0.2) is 40.0 Å². The molecule has 184 valence electrons. The van der Waals surface area contributed by atoms with Gasteiger partial charge in [0.2, 0.25) is 0 Å². The molecule has 6 nitrogen and oxygen atoms in total. The van der Waals surface area contributed by atoms with Crippen molar-refractivity contribution in [1.82, 2.24) is 4.98 Å². The number of pyridine rings is 1. The zero-order chi connectivity index (χ0) is 25.4. The fraction of sp³-hybridized carbons (Fsp3) is 0.259. The number of halogens is 1. The molecule has 0 aliphatic heterocycles. The number of nitrogens with zero attached hydrogens (tertiary/aromatic N) is 1. The second kappa shape index (κ2) is 12.5. The molecule has 2 aromatic carbocycles. The van der Waals surface area contributed by atoms with Crippen LogP contribution < -0.4 is 0 Å². The van der Waals surface area contributed by atoms with Crippen molar-refractivity contribution in [2.75, 3.05) is 12.8 Å². The Balaban J connectivity index is 1.92. The van der Waals surface area contributed by atoms with Crippen molar-refractivity contribution >= 4 is 20.1 Å². The van der Waals surface area contributed by atoms with Crippen molar-refractivity contribution in [3.63, 3.8) is 0 Å². The van der Waals surface area contributed by atoms with E-state index < -0.39 is 26.5 Å². The van der Waals surface area contributed by atoms with Gasteiger partial charge in [-0.15, -0.1) is 0 Å². The van der Waals surface area contributed by atoms with Gasteiger partial charge in [-0.1, -0.05) is 68.5 Å². The lowest BCUT2D eigenvalue weighted by Gasteiger charge is -2.17. The summed E-state index contributed by atoms with van der Waals surface area (Å²) in [5.74, 6) is -1.40. The van der Waals surface area contributed by atoms with Crippen LogP contribution in [0, 0.1) is 5.82 Å². The molecule has 1 aromatic heterocycles. The summed E-state index contributed by atoms with van der Waals surface area (Å²) in [6.45, 7) is 4.11. The number of aliphatic hydroxyl groups is 1. The van der Waals surface area contributed by atoms with Crippen LogP contribution in [0.15, 0.2) is 66.7 Å². The van der Waals surface area contributed by atoms with E-state index in [1.165, 1.54) is 12.1 Å². The lowest BCUT2D eigenvalue weighted by Crippen LogP contribution is -2.15. The molecule has 0 bridgehead atoms. The fourth-order valence-electron chi connectivity index (χ4n) is 3.65. The fourth-order valence-corrected chi connectivity index (χ4v) is 4.58. The number of aliphatic carboxylic acids is 1. The van der Waals surface area contributed by atoms with Gasteiger partial charge in [0.05, 0.1) is 30.5 Å². The smallest absolute Gasteiger partial charge is 0.305 e. The van der Waals surface area contributed by atoms with Gasteiger partial charge < -0.3 is 14.7 Å². The number of aliphatic hydroxyl groups excluding tert-OH is 1. The van der Waals surface area contributed by atoms with E-state index in [1.807, 2.05) is 56.3 Å². The Morgan fingerprint density at radius 1 is 1.11 bits per heavy atom. The Bertz CT molecular complexity index is 1200. The molecule has 2 atom stereocenters. The van der Waals surface area contributed by atoms with Crippen molar-refractivity contribution in [1.29, 1.82) is 0 Å². The lowest BCUT2D eigenvalue weighted by atomic mass is 9.92. The van der Waals surface area contributed by atoms with Crippen LogP contribution in [-0.2, 0) is 13.9 Å². The maximum Gasteiger partial charge on any atom is 0.305 e. The molecule has 1 heterocycles. The summed E-state index contributed by atoms with van der Waals surface area (Å²) >= 11 is 0. The third-order valence-electron chi connectivity index (χ3n) is 5.30. The predicted molar refractivity (Wildman–Crippen MR) is 136 cm³/mol. The van der Waals surface area contributed by atoms with Crippen molar-refractivity contribution in [2.24, 2.45) is 0 Å². The van der Waals surface area contributed by atoms with Crippen molar-refractivity contribution in [3.8, 4) is 22.4 Å². The van der Waals surface area contributed by atoms with E-state index in [1.54, 1.807) is 18.2 Å². The highest BCUT2D eigenvalue weighted by Gasteiger charge is 2.17. The minimum absolute atomic E-state index is 0.0262. The number of carbonyl (C=O) groups is 1. The van der Waals surface area contributed by atoms with Gasteiger partial charge in [0, 0.05) is 17.3 Å². The minimum Gasteiger partial charge on any atom is -0.481 e. The lowest BCUT2D eigenvalue weighted by molar-refractivity contribution is -0.138. The highest BCUT2D eigenvalue weighted by molar-refractivity contribution is 7.39. The third-order valence-corrected chi connectivity index (χ3v) is 6.59. The van der Waals surface area contributed by atoms with Gasteiger partial charge >= 0.3 is 5.97 Å². The highest BCUT2D eigenvalue weighted by Crippen LogP contribution is 2.34. The summed E-state index contributed by atoms with van der Waals surface area (Å²) in [6, 6.07) is 18.1. The SMILES string of the molecule is CC(C)c1nc(-c2ccccc2)cc(-c2ccc(F)cc2)c1C=CCO[PH](=O)CC(O)CC(=O)O. The van der Waals surface area contributed by atoms with Crippen molar-refractivity contribution < 1.29 is 28.5 Å². The molecule has 0 aliphatic rings. The van der Waals surface area contributed by atoms with E-state index in [0.29, 0.717) is 0 Å². The van der Waals surface area contributed by atoms with E-state index in [9.17, 15) is 18.9 Å². The normalized spacial score (nSPS) is 13.3. The number of rotatable bonds is 11. The van der Waals surface area contributed by atoms with Crippen LogP contribution in [0.4, 0.5) is 4.39 Å². The molecule has 35 heavy (non-hydrogen) atoms. The monoisotopic (exact) mass is 497 g/mol. The number of hydrogen-bond acceptors (Lipinski definition) is 5. The van der Waals surface area contributed by atoms with Gasteiger partial charge in [0.15, 0.2) is 8.03 Å². The molecule has 8 heteroatoms. The molecule has 3 aromatic rings. The maximum atomic E-state index is 13.6. The summed E-state index contributed by atoms with van der Waals surface area (Å²) < 4.78 is 31.0. The molecule has 0 saturated heterocycles. The molecule has 0 saturated carbocycles. The molecule has 2 N–H and O–H groups in total. The van der Waals surface area contributed by atoms with Crippen LogP contribution >= 0.6 is 8.03 Å². The highest BCUT2D eigenvalue weighted by atomic mass is 31.1. The topological polar surface area (TPSA) is 96.7 Å². The molecule has 0 radical (unpaired) electrons. The number of aromatic nitrogens is 1. The number of hydrogen-bond donors (Lipinski definition) is 2. The van der Waals surface area contributed by atoms with Crippen LogP contribution in [0.1, 0.15) is 37.4 Å². The summed E-state index contributed by atoms with van der Waals surface area (Å²) in [6.07, 6.45) is 1.66. The number of carboxylic acids is 1. The summed E-state index contributed by atoms with van der Waals surface area (Å²) in [5.41, 5.74) is 5.18. The molecule has 0 spiro atoms. The molecular formula is C27H29FNO5P. The number of carboxylic acid groups (broad SMARTS) is 1. The Morgan fingerprint density at radius 2 is 1.80 bits per heavy atom. The third kappa shape index (κ3) is 7.69. The van der Waals surface area contributed by atoms with Gasteiger partial charge in [0.1, 0.15) is 5.82 Å². The second-order valence-corrected chi connectivity index (χ2v) is 9.86. The Kier molecular flexibility index (Phi) is 9.49. The average Bonchev–Trinajstić information content (AvgIpc) is 2.82. The molecule has 3 rings (SSSR count). The first-order chi connectivity index (χ1) is 16.7. The summed E-state index contributed by atoms with van der Waals surface area (Å²) in [7, 11) is -2.59. The zero-order valence-electron chi connectivity index (χ0n) is 19.6. The zero-order valence-corrected chi connectivity index (χ0v) is 20.6. The largest absolute Gasteiger partial charge is 0.481 e. The second-order valence-electron chi connectivity index (χ2n) is 8.42. The van der Waals surface area contributed by atoms with E-state index in [-0.39, 0.29) is 24.5 Å². The first kappa shape index (κ1) is 26.5. The first-order valence-corrected chi connectivity index (χ1v) is 12.8. The van der Waals surface area contributed by atoms with E-state index in [0.717, 1.165) is 33.6 Å². The van der Waals surface area contributed by atoms with Gasteiger partial charge in [-0.05, 0) is 35.2 Å². The van der Waals surface area contributed by atoms with Crippen molar-refractivity contribution in [3.05, 3.63) is 83.8 Å². The standard InChI is InChI=1S/C27H29FNO5P/c1-18(2)27-23(9-6-14-34-35(33)17-22(30)15-26(31)32)24(19-10-12-21(28)13-11-19)16-25(29-27)20-7-4-3-5-8-20/h3-13,16,18,22,30,35H,14-15,17H2,1-2H3,(H,31,32). The van der Waals surface area contributed by atoms with Gasteiger partial charge in [-0.2, -0.15) is 0 Å². The maximum absolute atomic E-state index is 13.6. The molecule has 2 unspecified atom stereocenters. The van der Waals surface area contributed by atoms with Gasteiger partial charge in [-0.3, -0.25) is 14.3 Å². The van der Waals surface area contributed by atoms with E-state index in [4.69, 9.17) is 14.6 Å². The molecular weight excluding hydrogens is 468 g/mol. The van der Waals surface area contributed by atoms with Crippen LogP contribution in [0.25, 0.3) is 28.5 Å². The van der Waals surface area contributed by atoms with Crippen LogP contribution in [0.2, 0.25) is 0 Å². The van der Waals surface area contributed by atoms with Crippen LogP contribution in [0.5, 0.6) is 0 Å². The van der Waals surface area contributed by atoms with Crippen molar-refractivity contribution in [2.45, 2.75) is 32.3 Å². The van der Waals surface area contributed by atoms with Gasteiger partial charge in [-0.25, -0.2) is 4.39 Å². The number of benzene rings is 2. The summed E-state index contributed by atoms with van der Waals surface area (Å²) in [5, 5.41) is 18.3. The molecule has 0 amide bonds. The van der Waals surface area contributed by atoms with Gasteiger partial charge in [0.25, 0.3) is 0 Å². The summed E-state index contributed by atoms with van der Waals surface area (Å²) in [4.78, 5) is 15.6. The Hall–Kier alpha value is -3.12. The molecule has 0 fully saturated rings. The quantitative estimate of drug-likeness (QED) is 0.315. The van der Waals surface area contributed by atoms with E-state index >= 15 is 0 Å².